The van der Waals surface area contributed by atoms with Crippen LogP contribution in [0.3, 0.4) is 0 Å². The molecule has 14 heavy (non-hydrogen) atoms. The van der Waals surface area contributed by atoms with E-state index in [1.54, 1.807) is 6.92 Å². The molecule has 0 spiro atoms. The van der Waals surface area contributed by atoms with Crippen LogP contribution in [0.4, 0.5) is 0 Å². The lowest BCUT2D eigenvalue weighted by Gasteiger charge is -2.31. The topological polar surface area (TPSA) is 46.5 Å². The minimum absolute atomic E-state index is 0.202. The van der Waals surface area contributed by atoms with Crippen LogP contribution in [0.5, 0.6) is 0 Å². The van der Waals surface area contributed by atoms with E-state index in [9.17, 15) is 4.79 Å². The van der Waals surface area contributed by atoms with Crippen LogP contribution >= 0.6 is 0 Å². The van der Waals surface area contributed by atoms with Gasteiger partial charge in [-0.3, -0.25) is 0 Å². The lowest BCUT2D eigenvalue weighted by atomic mass is 10.0. The Kier molecular flexibility index (Phi) is 4.33. The number of hydrogen-bond acceptors (Lipinski definition) is 2. The summed E-state index contributed by atoms with van der Waals surface area (Å²) < 4.78 is 5.61. The summed E-state index contributed by atoms with van der Waals surface area (Å²) in [5.74, 6) is -0.875. The molecule has 3 nitrogen and oxygen atoms in total. The first kappa shape index (κ1) is 13.6. The van der Waals surface area contributed by atoms with Gasteiger partial charge in [-0.25, -0.2) is 4.79 Å². The van der Waals surface area contributed by atoms with Gasteiger partial charge in [0.1, 0.15) is 6.10 Å². The first-order valence-electron chi connectivity index (χ1n) is 4.94. The Balaban J connectivity index is 4.27. The molecule has 0 radical (unpaired) electrons. The van der Waals surface area contributed by atoms with Crippen LogP contribution < -0.4 is 0 Å². The minimum atomic E-state index is -1.85. The molecule has 0 aliphatic heterocycles. The second-order valence-corrected chi connectivity index (χ2v) is 9.70. The van der Waals surface area contributed by atoms with Gasteiger partial charge in [0.2, 0.25) is 0 Å². The lowest BCUT2D eigenvalue weighted by molar-refractivity contribution is -0.144. The van der Waals surface area contributed by atoms with E-state index in [4.69, 9.17) is 9.53 Å². The minimum Gasteiger partial charge on any atom is -0.479 e. The fraction of sp³-hybridized carbons (Fsp3) is 0.900. The van der Waals surface area contributed by atoms with Gasteiger partial charge >= 0.3 is 5.97 Å². The van der Waals surface area contributed by atoms with Gasteiger partial charge in [-0.1, -0.05) is 20.8 Å². The van der Waals surface area contributed by atoms with Crippen molar-refractivity contribution in [1.82, 2.24) is 0 Å². The Morgan fingerprint density at radius 2 is 1.86 bits per heavy atom. The molecule has 0 fully saturated rings. The SMILES string of the molecule is C[C@@H](O[Si](C)(C)CC(C)(C)C)C(=O)O. The molecule has 1 atom stereocenters. The molecule has 0 heterocycles. The van der Waals surface area contributed by atoms with Crippen molar-refractivity contribution in [2.75, 3.05) is 0 Å². The largest absolute Gasteiger partial charge is 0.479 e. The van der Waals surface area contributed by atoms with E-state index >= 15 is 0 Å². The number of hydrogen-bond donors (Lipinski definition) is 1. The van der Waals surface area contributed by atoms with Gasteiger partial charge in [0.15, 0.2) is 8.32 Å². The molecule has 0 saturated heterocycles. The van der Waals surface area contributed by atoms with Crippen molar-refractivity contribution < 1.29 is 14.3 Å². The zero-order valence-electron chi connectivity index (χ0n) is 10.0. The first-order chi connectivity index (χ1) is 6.03. The highest BCUT2D eigenvalue weighted by atomic mass is 28.4. The number of carboxylic acid groups (broad SMARTS) is 1. The smallest absolute Gasteiger partial charge is 0.331 e. The second-order valence-electron chi connectivity index (χ2n) is 5.60. The number of aliphatic carboxylic acids is 1. The third kappa shape index (κ3) is 6.15. The quantitative estimate of drug-likeness (QED) is 0.738. The Morgan fingerprint density at radius 1 is 1.43 bits per heavy atom. The zero-order chi connectivity index (χ0) is 11.6. The molecule has 0 aromatic heterocycles. The molecule has 0 aliphatic rings. The molecule has 0 amide bonds. The summed E-state index contributed by atoms with van der Waals surface area (Å²) in [5.41, 5.74) is 0.202. The second kappa shape index (κ2) is 4.44. The maximum atomic E-state index is 10.6. The molecule has 0 aromatic rings. The van der Waals surface area contributed by atoms with E-state index in [2.05, 4.69) is 33.9 Å². The van der Waals surface area contributed by atoms with Crippen molar-refractivity contribution in [3.05, 3.63) is 0 Å². The van der Waals surface area contributed by atoms with E-state index in [0.717, 1.165) is 6.04 Å². The normalized spacial score (nSPS) is 15.3. The summed E-state index contributed by atoms with van der Waals surface area (Å²) in [6, 6.07) is 0.970. The predicted octanol–water partition coefficient (Wildman–Crippen LogP) is 2.73. The van der Waals surface area contributed by atoms with Crippen LogP contribution in [-0.2, 0) is 9.22 Å². The Hall–Kier alpha value is -0.353. The van der Waals surface area contributed by atoms with E-state index in [1.165, 1.54) is 0 Å². The maximum absolute atomic E-state index is 10.6. The molecular formula is C10H22O3Si. The van der Waals surface area contributed by atoms with Crippen LogP contribution in [-0.4, -0.2) is 25.5 Å². The molecule has 0 bridgehead atoms. The van der Waals surface area contributed by atoms with E-state index in [-0.39, 0.29) is 5.41 Å². The van der Waals surface area contributed by atoms with Crippen molar-refractivity contribution in [1.29, 1.82) is 0 Å². The van der Waals surface area contributed by atoms with Gasteiger partial charge in [-0.2, -0.15) is 0 Å². The van der Waals surface area contributed by atoms with Crippen LogP contribution in [0.25, 0.3) is 0 Å². The highest BCUT2D eigenvalue weighted by Crippen LogP contribution is 2.28. The van der Waals surface area contributed by atoms with Gasteiger partial charge in [0.05, 0.1) is 0 Å². The highest BCUT2D eigenvalue weighted by molar-refractivity contribution is 6.71. The fourth-order valence-electron chi connectivity index (χ4n) is 1.85. The van der Waals surface area contributed by atoms with Crippen molar-refractivity contribution >= 4 is 14.3 Å². The molecule has 4 heteroatoms. The average molecular weight is 218 g/mol. The molecular weight excluding hydrogens is 196 g/mol. The molecule has 0 rings (SSSR count). The summed E-state index contributed by atoms with van der Waals surface area (Å²) in [4.78, 5) is 10.6. The summed E-state index contributed by atoms with van der Waals surface area (Å²) in [6.45, 7) is 12.2. The van der Waals surface area contributed by atoms with Crippen LogP contribution in [0, 0.1) is 5.41 Å². The van der Waals surface area contributed by atoms with Crippen molar-refractivity contribution in [2.45, 2.75) is 52.9 Å². The molecule has 84 valence electrons. The van der Waals surface area contributed by atoms with Crippen molar-refractivity contribution in [2.24, 2.45) is 5.41 Å². The van der Waals surface area contributed by atoms with Crippen molar-refractivity contribution in [3.8, 4) is 0 Å². The number of rotatable bonds is 4. The zero-order valence-corrected chi connectivity index (χ0v) is 11.0. The summed E-state index contributed by atoms with van der Waals surface area (Å²) in [6.07, 6.45) is -0.681. The molecule has 0 aliphatic carbocycles. The molecule has 1 N–H and O–H groups in total. The maximum Gasteiger partial charge on any atom is 0.331 e. The van der Waals surface area contributed by atoms with Crippen molar-refractivity contribution in [3.63, 3.8) is 0 Å². The number of carboxylic acids is 1. The lowest BCUT2D eigenvalue weighted by Crippen LogP contribution is -2.40. The van der Waals surface area contributed by atoms with Gasteiger partial charge in [0.25, 0.3) is 0 Å². The fourth-order valence-corrected chi connectivity index (χ4v) is 5.54. The van der Waals surface area contributed by atoms with E-state index in [1.807, 2.05) is 0 Å². The highest BCUT2D eigenvalue weighted by Gasteiger charge is 2.32. The number of carbonyl (C=O) groups is 1. The van der Waals surface area contributed by atoms with E-state index in [0.29, 0.717) is 0 Å². The Bertz CT molecular complexity index is 206. The third-order valence-electron chi connectivity index (χ3n) is 1.80. The standard InChI is InChI=1S/C10H22O3Si/c1-8(9(11)12)13-14(5,6)7-10(2,3)4/h8H,7H2,1-6H3,(H,11,12)/t8-/m1/s1. The molecule has 0 unspecified atom stereocenters. The van der Waals surface area contributed by atoms with Gasteiger partial charge in [0, 0.05) is 0 Å². The molecule has 0 aromatic carbocycles. The third-order valence-corrected chi connectivity index (χ3v) is 4.70. The van der Waals surface area contributed by atoms with Crippen LogP contribution in [0.15, 0.2) is 0 Å². The van der Waals surface area contributed by atoms with Gasteiger partial charge in [-0.15, -0.1) is 0 Å². The monoisotopic (exact) mass is 218 g/mol. The van der Waals surface area contributed by atoms with Crippen LogP contribution in [0.1, 0.15) is 27.7 Å². The van der Waals surface area contributed by atoms with Crippen LogP contribution in [0.2, 0.25) is 19.1 Å². The van der Waals surface area contributed by atoms with Gasteiger partial charge in [-0.05, 0) is 31.5 Å². The Labute approximate surface area is 87.6 Å². The predicted molar refractivity (Wildman–Crippen MR) is 59.9 cm³/mol. The first-order valence-corrected chi connectivity index (χ1v) is 8.06. The summed E-state index contributed by atoms with van der Waals surface area (Å²) in [5, 5.41) is 8.74. The summed E-state index contributed by atoms with van der Waals surface area (Å²) >= 11 is 0. The Morgan fingerprint density at radius 3 is 2.14 bits per heavy atom. The molecule has 0 saturated carbocycles. The average Bonchev–Trinajstić information content (AvgIpc) is 1.78. The van der Waals surface area contributed by atoms with Gasteiger partial charge < -0.3 is 9.53 Å². The summed E-state index contributed by atoms with van der Waals surface area (Å²) in [7, 11) is -1.85. The van der Waals surface area contributed by atoms with E-state index < -0.39 is 20.4 Å².